The van der Waals surface area contributed by atoms with Crippen LogP contribution in [0.4, 0.5) is 23.2 Å². The largest absolute Gasteiger partial charge is 0.504 e. The SMILES string of the molecule is Cc1ncnc(C(=O)N2CCC3(CCc4c3c(=O)n3nc(C5=CCOCC5)nc3n4CC(=O)Nc3ccc(C(F)(F)F)c(F)c3Cl)CC2)c1O. The van der Waals surface area contributed by atoms with Crippen molar-refractivity contribution in [1.82, 2.24) is 34.0 Å². The Hall–Kier alpha value is -4.90. The van der Waals surface area contributed by atoms with Crippen molar-refractivity contribution in [1.29, 1.82) is 0 Å². The van der Waals surface area contributed by atoms with E-state index in [1.54, 1.807) is 22.5 Å². The van der Waals surface area contributed by atoms with Gasteiger partial charge >= 0.3 is 6.18 Å². The number of aryl methyl sites for hydroxylation is 1. The van der Waals surface area contributed by atoms with Gasteiger partial charge in [0, 0.05) is 29.8 Å². The molecule has 3 aliphatic rings. The number of piperidine rings is 1. The summed E-state index contributed by atoms with van der Waals surface area (Å²) in [5.41, 5.74) is -1.13. The normalized spacial score (nSPS) is 17.2. The Labute approximate surface area is 285 Å². The van der Waals surface area contributed by atoms with Crippen LogP contribution in [0.5, 0.6) is 5.75 Å². The molecular formula is C32H29ClF4N8O5. The highest BCUT2D eigenvalue weighted by Crippen LogP contribution is 2.45. The number of carbonyl (C=O) groups is 2. The maximum Gasteiger partial charge on any atom is 0.419 e. The molecule has 2 N–H and O–H groups in total. The predicted octanol–water partition coefficient (Wildman–Crippen LogP) is 4.07. The van der Waals surface area contributed by atoms with Crippen LogP contribution in [0.15, 0.2) is 29.3 Å². The molecule has 0 radical (unpaired) electrons. The third-order valence-electron chi connectivity index (χ3n) is 9.65. The summed E-state index contributed by atoms with van der Waals surface area (Å²) in [6, 6.07) is 1.36. The fraction of sp³-hybridized carbons (Fsp3) is 0.406. The molecule has 2 amide bonds. The number of carbonyl (C=O) groups excluding carboxylic acids is 2. The highest BCUT2D eigenvalue weighted by Gasteiger charge is 2.46. The zero-order chi connectivity index (χ0) is 35.5. The summed E-state index contributed by atoms with van der Waals surface area (Å²) < 4.78 is 62.2. The number of ether oxygens (including phenoxy) is 1. The van der Waals surface area contributed by atoms with Crippen molar-refractivity contribution in [2.75, 3.05) is 31.6 Å². The molecule has 2 aliphatic heterocycles. The molecule has 1 spiro atoms. The molecule has 1 saturated heterocycles. The van der Waals surface area contributed by atoms with E-state index in [9.17, 15) is 37.1 Å². The number of aromatic nitrogens is 6. The number of rotatable bonds is 5. The number of aromatic hydroxyl groups is 1. The summed E-state index contributed by atoms with van der Waals surface area (Å²) in [6.45, 7) is 2.39. The second-order valence-corrected chi connectivity index (χ2v) is 12.9. The summed E-state index contributed by atoms with van der Waals surface area (Å²) in [5.74, 6) is -2.87. The monoisotopic (exact) mass is 716 g/mol. The molecule has 1 aliphatic carbocycles. The smallest absolute Gasteiger partial charge is 0.419 e. The van der Waals surface area contributed by atoms with Gasteiger partial charge in [0.25, 0.3) is 11.5 Å². The van der Waals surface area contributed by atoms with Gasteiger partial charge in [-0.2, -0.15) is 22.7 Å². The number of fused-ring (bicyclic) bond motifs is 3. The van der Waals surface area contributed by atoms with Gasteiger partial charge in [0.15, 0.2) is 23.1 Å². The third-order valence-corrected chi connectivity index (χ3v) is 10.0. The summed E-state index contributed by atoms with van der Waals surface area (Å²) >= 11 is 5.91. The number of anilines is 1. The standard InChI is InChI=1S/C32H29ClF4N8O5/c1-16-26(47)25(39-15-38-16)29(49)43-10-8-31(9-11-43)7-4-20-22(31)28(48)45-30(41-27(42-45)17-5-12-50-13-6-17)44(20)14-21(46)40-19-3-2-18(32(35,36)37)24(34)23(19)33/h2-3,5,15,47H,4,6-14H2,1H3,(H,40,46). The van der Waals surface area contributed by atoms with E-state index in [-0.39, 0.29) is 47.5 Å². The van der Waals surface area contributed by atoms with Crippen LogP contribution in [0.2, 0.25) is 5.02 Å². The number of hydrogen-bond acceptors (Lipinski definition) is 9. The fourth-order valence-corrected chi connectivity index (χ4v) is 7.23. The van der Waals surface area contributed by atoms with Crippen molar-refractivity contribution in [3.8, 4) is 5.75 Å². The Balaban J connectivity index is 1.24. The number of nitrogens with zero attached hydrogens (tertiary/aromatic N) is 7. The number of halogens is 5. The first-order valence-corrected chi connectivity index (χ1v) is 16.1. The van der Waals surface area contributed by atoms with Gasteiger partial charge in [0.1, 0.15) is 17.9 Å². The molecule has 0 unspecified atom stereocenters. The van der Waals surface area contributed by atoms with Gasteiger partial charge in [-0.05, 0) is 56.7 Å². The van der Waals surface area contributed by atoms with Crippen LogP contribution >= 0.6 is 11.6 Å². The topological polar surface area (TPSA) is 157 Å². The second kappa shape index (κ2) is 12.5. The van der Waals surface area contributed by atoms with Crippen LogP contribution in [-0.2, 0) is 34.1 Å². The van der Waals surface area contributed by atoms with Gasteiger partial charge in [-0.15, -0.1) is 5.10 Å². The third kappa shape index (κ3) is 5.67. The van der Waals surface area contributed by atoms with Gasteiger partial charge in [-0.25, -0.2) is 14.4 Å². The molecule has 0 atom stereocenters. The first kappa shape index (κ1) is 33.6. The number of alkyl halides is 3. The maximum absolute atomic E-state index is 14.5. The first-order chi connectivity index (χ1) is 23.8. The Kier molecular flexibility index (Phi) is 8.37. The Morgan fingerprint density at radius 3 is 2.60 bits per heavy atom. The van der Waals surface area contributed by atoms with E-state index in [2.05, 4.69) is 25.4 Å². The van der Waals surface area contributed by atoms with Crippen LogP contribution < -0.4 is 10.9 Å². The lowest BCUT2D eigenvalue weighted by molar-refractivity contribution is -0.139. The van der Waals surface area contributed by atoms with Crippen molar-refractivity contribution >= 4 is 40.5 Å². The van der Waals surface area contributed by atoms with Gasteiger partial charge in [-0.3, -0.25) is 14.4 Å². The van der Waals surface area contributed by atoms with E-state index < -0.39 is 51.9 Å². The Morgan fingerprint density at radius 1 is 1.14 bits per heavy atom. The molecule has 0 bridgehead atoms. The predicted molar refractivity (Wildman–Crippen MR) is 169 cm³/mol. The molecule has 1 aromatic carbocycles. The van der Waals surface area contributed by atoms with E-state index in [1.165, 1.54) is 6.33 Å². The van der Waals surface area contributed by atoms with Gasteiger partial charge in [-0.1, -0.05) is 17.7 Å². The van der Waals surface area contributed by atoms with E-state index in [0.29, 0.717) is 62.6 Å². The van der Waals surface area contributed by atoms with Crippen molar-refractivity contribution in [3.63, 3.8) is 0 Å². The average Bonchev–Trinajstić information content (AvgIpc) is 3.70. The summed E-state index contributed by atoms with van der Waals surface area (Å²) in [5, 5.41) is 16.4. The number of likely N-dealkylation sites (tertiary alicyclic amines) is 1. The molecule has 50 heavy (non-hydrogen) atoms. The minimum atomic E-state index is -4.99. The maximum atomic E-state index is 14.5. The molecule has 18 heteroatoms. The van der Waals surface area contributed by atoms with Crippen LogP contribution in [-0.4, -0.2) is 77.3 Å². The summed E-state index contributed by atoms with van der Waals surface area (Å²) in [7, 11) is 0. The second-order valence-electron chi connectivity index (χ2n) is 12.5. The number of amides is 2. The van der Waals surface area contributed by atoms with Crippen molar-refractivity contribution in [2.45, 2.75) is 57.2 Å². The molecule has 3 aromatic heterocycles. The quantitative estimate of drug-likeness (QED) is 0.291. The lowest BCUT2D eigenvalue weighted by Gasteiger charge is -2.39. The van der Waals surface area contributed by atoms with Gasteiger partial charge in [0.2, 0.25) is 11.7 Å². The van der Waals surface area contributed by atoms with Crippen LogP contribution in [0, 0.1) is 12.7 Å². The average molecular weight is 717 g/mol. The van der Waals surface area contributed by atoms with E-state index in [4.69, 9.17) is 16.3 Å². The number of nitrogens with one attached hydrogen (secondary N) is 1. The molecule has 1 fully saturated rings. The van der Waals surface area contributed by atoms with E-state index in [1.807, 2.05) is 0 Å². The van der Waals surface area contributed by atoms with Crippen LogP contribution in [0.1, 0.15) is 64.5 Å². The number of hydrogen-bond donors (Lipinski definition) is 2. The first-order valence-electron chi connectivity index (χ1n) is 15.7. The lowest BCUT2D eigenvalue weighted by atomic mass is 9.74. The Bertz CT molecular complexity index is 2160. The zero-order valence-electron chi connectivity index (χ0n) is 26.5. The lowest BCUT2D eigenvalue weighted by Crippen LogP contribution is -2.46. The van der Waals surface area contributed by atoms with Crippen LogP contribution in [0.3, 0.4) is 0 Å². The van der Waals surface area contributed by atoms with Crippen molar-refractivity contribution in [2.24, 2.45) is 0 Å². The fourth-order valence-electron chi connectivity index (χ4n) is 7.02. The molecule has 0 saturated carbocycles. The Morgan fingerprint density at radius 2 is 1.90 bits per heavy atom. The molecule has 7 rings (SSSR count). The minimum absolute atomic E-state index is 0.0789. The molecule has 13 nitrogen and oxygen atoms in total. The summed E-state index contributed by atoms with van der Waals surface area (Å²) in [6.07, 6.45) is 0.218. The number of benzene rings is 1. The molecule has 4 aromatic rings. The molecule has 5 heterocycles. The summed E-state index contributed by atoms with van der Waals surface area (Å²) in [4.78, 5) is 55.1. The highest BCUT2D eigenvalue weighted by atomic mass is 35.5. The van der Waals surface area contributed by atoms with Gasteiger partial charge in [0.05, 0.1) is 30.2 Å². The molecule has 262 valence electrons. The zero-order valence-corrected chi connectivity index (χ0v) is 27.2. The van der Waals surface area contributed by atoms with E-state index >= 15 is 0 Å². The minimum Gasteiger partial charge on any atom is -0.504 e. The highest BCUT2D eigenvalue weighted by molar-refractivity contribution is 6.34. The van der Waals surface area contributed by atoms with Gasteiger partial charge < -0.3 is 24.6 Å². The van der Waals surface area contributed by atoms with Crippen molar-refractivity contribution < 1.29 is 37.0 Å². The van der Waals surface area contributed by atoms with E-state index in [0.717, 1.165) is 16.2 Å². The molecular weight excluding hydrogens is 688 g/mol. The van der Waals surface area contributed by atoms with Crippen LogP contribution in [0.25, 0.3) is 11.4 Å². The van der Waals surface area contributed by atoms with Crippen molar-refractivity contribution in [3.05, 3.63) is 79.8 Å².